The van der Waals surface area contributed by atoms with Crippen LogP contribution >= 0.6 is 23.6 Å². The smallest absolute Gasteiger partial charge is 0.229 e. The predicted molar refractivity (Wildman–Crippen MR) is 108 cm³/mol. The molecular weight excluding hydrogens is 416 g/mol. The number of rotatable bonds is 7. The molecule has 0 spiro atoms. The van der Waals surface area contributed by atoms with Crippen LogP contribution in [0.15, 0.2) is 36.2 Å². The number of hydrogen-bond acceptors (Lipinski definition) is 5. The second-order valence-electron chi connectivity index (χ2n) is 6.74. The van der Waals surface area contributed by atoms with Gasteiger partial charge in [0.15, 0.2) is 9.90 Å². The molecule has 1 amide bonds. The van der Waals surface area contributed by atoms with Crippen LogP contribution in [0.3, 0.4) is 0 Å². The molecular formula is C19H17F2N5OS2. The van der Waals surface area contributed by atoms with Crippen molar-refractivity contribution in [1.29, 1.82) is 0 Å². The molecule has 1 saturated carbocycles. The number of H-pyrrole nitrogens is 1. The summed E-state index contributed by atoms with van der Waals surface area (Å²) in [6.45, 7) is 4.24. The van der Waals surface area contributed by atoms with Gasteiger partial charge in [0.2, 0.25) is 5.91 Å². The van der Waals surface area contributed by atoms with Gasteiger partial charge >= 0.3 is 0 Å². The lowest BCUT2D eigenvalue weighted by Gasteiger charge is -2.04. The van der Waals surface area contributed by atoms with E-state index in [0.717, 1.165) is 11.5 Å². The Bertz CT molecular complexity index is 1120. The molecule has 3 aromatic rings. The second-order valence-corrected chi connectivity index (χ2v) is 7.98. The third kappa shape index (κ3) is 4.03. The maximum absolute atomic E-state index is 13.9. The summed E-state index contributed by atoms with van der Waals surface area (Å²) in [5.41, 5.74) is 0.717. The van der Waals surface area contributed by atoms with Crippen molar-refractivity contribution in [1.82, 2.24) is 19.7 Å². The molecule has 4 rings (SSSR count). The van der Waals surface area contributed by atoms with Gasteiger partial charge in [0, 0.05) is 29.3 Å². The molecule has 0 bridgehead atoms. The van der Waals surface area contributed by atoms with Gasteiger partial charge in [-0.25, -0.2) is 13.8 Å². The van der Waals surface area contributed by atoms with Crippen LogP contribution in [-0.4, -0.2) is 25.7 Å². The van der Waals surface area contributed by atoms with Crippen LogP contribution in [0.4, 0.5) is 13.9 Å². The van der Waals surface area contributed by atoms with Gasteiger partial charge in [0.25, 0.3) is 0 Å². The van der Waals surface area contributed by atoms with Crippen molar-refractivity contribution in [3.05, 3.63) is 69.7 Å². The summed E-state index contributed by atoms with van der Waals surface area (Å²) in [4.78, 5) is 16.9. The number of anilines is 1. The summed E-state index contributed by atoms with van der Waals surface area (Å²) < 4.78 is 30.1. The Hall–Kier alpha value is -2.72. The first kappa shape index (κ1) is 19.6. The number of amides is 1. The summed E-state index contributed by atoms with van der Waals surface area (Å²) in [6, 6.07) is 3.73. The van der Waals surface area contributed by atoms with Crippen LogP contribution < -0.4 is 5.32 Å². The largest absolute Gasteiger partial charge is 0.302 e. The number of nitrogens with one attached hydrogen (secondary N) is 2. The highest BCUT2D eigenvalue weighted by molar-refractivity contribution is 7.71. The molecule has 1 aliphatic carbocycles. The van der Waals surface area contributed by atoms with Crippen molar-refractivity contribution in [3.63, 3.8) is 0 Å². The van der Waals surface area contributed by atoms with E-state index in [4.69, 9.17) is 12.2 Å². The molecule has 10 heteroatoms. The lowest BCUT2D eigenvalue weighted by Crippen LogP contribution is -2.15. The summed E-state index contributed by atoms with van der Waals surface area (Å²) in [5, 5.41) is 12.0. The SMILES string of the molecule is C=CCn1c(Cc2csc(NC(=O)C3CC3c3c(F)cccc3F)n2)n[nH]c1=S. The van der Waals surface area contributed by atoms with E-state index in [1.165, 1.54) is 29.5 Å². The lowest BCUT2D eigenvalue weighted by molar-refractivity contribution is -0.117. The molecule has 2 aromatic heterocycles. The minimum Gasteiger partial charge on any atom is -0.302 e. The molecule has 2 unspecified atom stereocenters. The van der Waals surface area contributed by atoms with E-state index in [1.54, 1.807) is 6.08 Å². The van der Waals surface area contributed by atoms with Crippen molar-refractivity contribution in [2.24, 2.45) is 5.92 Å². The first-order valence-electron chi connectivity index (χ1n) is 8.92. The van der Waals surface area contributed by atoms with Crippen molar-refractivity contribution in [2.75, 3.05) is 5.32 Å². The maximum Gasteiger partial charge on any atom is 0.229 e. The highest BCUT2D eigenvalue weighted by Crippen LogP contribution is 2.49. The number of nitrogens with zero attached hydrogens (tertiary/aromatic N) is 3. The van der Waals surface area contributed by atoms with E-state index in [0.29, 0.717) is 29.3 Å². The van der Waals surface area contributed by atoms with E-state index < -0.39 is 23.5 Å². The molecule has 6 nitrogen and oxygen atoms in total. The molecule has 150 valence electrons. The van der Waals surface area contributed by atoms with Gasteiger partial charge in [-0.3, -0.25) is 14.5 Å². The van der Waals surface area contributed by atoms with Crippen molar-refractivity contribution < 1.29 is 13.6 Å². The minimum atomic E-state index is -0.616. The molecule has 2 heterocycles. The lowest BCUT2D eigenvalue weighted by atomic mass is 10.1. The molecule has 0 saturated heterocycles. The summed E-state index contributed by atoms with van der Waals surface area (Å²) in [7, 11) is 0. The standard InChI is InChI=1S/C19H17F2N5OS2/c1-2-6-26-15(24-25-19(26)28)7-10-9-29-18(22-10)23-17(27)12-8-11(12)16-13(20)4-3-5-14(16)21/h2-5,9,11-12H,1,6-8H2,(H,25,28)(H,22,23,27). The Morgan fingerprint density at radius 3 is 2.93 bits per heavy atom. The first-order chi connectivity index (χ1) is 14.0. The highest BCUT2D eigenvalue weighted by atomic mass is 32.1. The van der Waals surface area contributed by atoms with Crippen LogP contribution in [0.25, 0.3) is 0 Å². The van der Waals surface area contributed by atoms with Gasteiger partial charge in [-0.1, -0.05) is 12.1 Å². The van der Waals surface area contributed by atoms with E-state index in [2.05, 4.69) is 27.1 Å². The van der Waals surface area contributed by atoms with E-state index in [1.807, 2.05) is 9.95 Å². The van der Waals surface area contributed by atoms with Crippen molar-refractivity contribution >= 4 is 34.6 Å². The van der Waals surface area contributed by atoms with Crippen LogP contribution in [0, 0.1) is 22.3 Å². The van der Waals surface area contributed by atoms with Gasteiger partial charge in [-0.15, -0.1) is 17.9 Å². The number of hydrogen-bond donors (Lipinski definition) is 2. The normalized spacial score (nSPS) is 17.9. The number of carbonyl (C=O) groups is 1. The molecule has 1 aliphatic rings. The Kier molecular flexibility index (Phi) is 5.37. The Balaban J connectivity index is 1.41. The quantitative estimate of drug-likeness (QED) is 0.433. The fourth-order valence-corrected chi connectivity index (χ4v) is 4.22. The van der Waals surface area contributed by atoms with Gasteiger partial charge in [-0.2, -0.15) is 5.10 Å². The number of aromatic amines is 1. The number of thiazole rings is 1. The zero-order valence-electron chi connectivity index (χ0n) is 15.2. The van der Waals surface area contributed by atoms with Gasteiger partial charge in [0.1, 0.15) is 17.5 Å². The number of aromatic nitrogens is 4. The minimum absolute atomic E-state index is 0.0162. The van der Waals surface area contributed by atoms with Crippen LogP contribution in [0.2, 0.25) is 0 Å². The monoisotopic (exact) mass is 433 g/mol. The Labute approximate surface area is 174 Å². The summed E-state index contributed by atoms with van der Waals surface area (Å²) in [5.74, 6) is -1.70. The number of carbonyl (C=O) groups excluding carboxylic acids is 1. The summed E-state index contributed by atoms with van der Waals surface area (Å²) >= 11 is 6.48. The van der Waals surface area contributed by atoms with E-state index in [9.17, 15) is 13.6 Å². The third-order valence-corrected chi connectivity index (χ3v) is 5.89. The Morgan fingerprint density at radius 2 is 2.21 bits per heavy atom. The molecule has 2 atom stereocenters. The molecule has 29 heavy (non-hydrogen) atoms. The number of benzene rings is 1. The Morgan fingerprint density at radius 1 is 1.45 bits per heavy atom. The number of allylic oxidation sites excluding steroid dienone is 1. The third-order valence-electron chi connectivity index (χ3n) is 4.77. The fraction of sp³-hybridized carbons (Fsp3) is 0.263. The van der Waals surface area contributed by atoms with Crippen molar-refractivity contribution in [3.8, 4) is 0 Å². The van der Waals surface area contributed by atoms with Crippen LogP contribution in [-0.2, 0) is 17.8 Å². The molecule has 0 aliphatic heterocycles. The maximum atomic E-state index is 13.9. The van der Waals surface area contributed by atoms with E-state index in [-0.39, 0.29) is 11.5 Å². The average Bonchev–Trinajstić information content (AvgIpc) is 3.23. The van der Waals surface area contributed by atoms with Gasteiger partial charge in [-0.05, 0) is 30.8 Å². The zero-order valence-corrected chi connectivity index (χ0v) is 16.8. The van der Waals surface area contributed by atoms with E-state index >= 15 is 0 Å². The highest BCUT2D eigenvalue weighted by Gasteiger charge is 2.46. The summed E-state index contributed by atoms with van der Waals surface area (Å²) in [6.07, 6.45) is 2.59. The average molecular weight is 434 g/mol. The van der Waals surface area contributed by atoms with Crippen molar-refractivity contribution in [2.45, 2.75) is 25.3 Å². The number of halogens is 2. The molecule has 1 aromatic carbocycles. The van der Waals surface area contributed by atoms with Gasteiger partial charge < -0.3 is 5.32 Å². The van der Waals surface area contributed by atoms with Gasteiger partial charge in [0.05, 0.1) is 12.1 Å². The fourth-order valence-electron chi connectivity index (χ4n) is 3.28. The second kappa shape index (κ2) is 7.96. The predicted octanol–water partition coefficient (Wildman–Crippen LogP) is 4.19. The zero-order chi connectivity index (χ0) is 20.5. The van der Waals surface area contributed by atoms with Crippen LogP contribution in [0.1, 0.15) is 29.4 Å². The topological polar surface area (TPSA) is 75.6 Å². The first-order valence-corrected chi connectivity index (χ1v) is 10.2. The van der Waals surface area contributed by atoms with Crippen LogP contribution in [0.5, 0.6) is 0 Å². The molecule has 1 fully saturated rings. The molecule has 2 N–H and O–H groups in total. The molecule has 0 radical (unpaired) electrons.